The van der Waals surface area contributed by atoms with Crippen LogP contribution in [0, 0.1) is 6.92 Å². The molecule has 1 aromatic carbocycles. The van der Waals surface area contributed by atoms with Crippen molar-refractivity contribution in [3.63, 3.8) is 0 Å². The highest BCUT2D eigenvalue weighted by atomic mass is 35.5. The third-order valence-electron chi connectivity index (χ3n) is 3.88. The minimum absolute atomic E-state index is 0.0292. The lowest BCUT2D eigenvalue weighted by Crippen LogP contribution is -2.13. The molecule has 0 bridgehead atoms. The van der Waals surface area contributed by atoms with E-state index in [1.807, 2.05) is 53.9 Å². The summed E-state index contributed by atoms with van der Waals surface area (Å²) in [5.74, 6) is 0.0292. The number of imidazole rings is 1. The molecule has 0 unspecified atom stereocenters. The summed E-state index contributed by atoms with van der Waals surface area (Å²) in [4.78, 5) is 16.4. The topological polar surface area (TPSA) is 46.4 Å². The number of aromatic nitrogens is 2. The van der Waals surface area contributed by atoms with Gasteiger partial charge in [-0.2, -0.15) is 0 Å². The monoisotopic (exact) mass is 327 g/mol. The van der Waals surface area contributed by atoms with Crippen molar-refractivity contribution in [2.75, 3.05) is 5.32 Å². The number of benzene rings is 1. The van der Waals surface area contributed by atoms with E-state index >= 15 is 0 Å². The largest absolute Gasteiger partial charge is 0.325 e. The van der Waals surface area contributed by atoms with Gasteiger partial charge in [0.2, 0.25) is 5.91 Å². The molecule has 0 fully saturated rings. The van der Waals surface area contributed by atoms with Crippen LogP contribution in [0.15, 0.2) is 48.8 Å². The van der Waals surface area contributed by atoms with Gasteiger partial charge in [-0.15, -0.1) is 0 Å². The van der Waals surface area contributed by atoms with Crippen LogP contribution < -0.4 is 5.32 Å². The number of nitrogens with zero attached hydrogens (tertiary/aromatic N) is 2. The SMILES string of the molecule is Cc1c(NC(=O)CCCc2ccc(Cl)cc2)ccc2nccn12. The smallest absolute Gasteiger partial charge is 0.224 e. The van der Waals surface area contributed by atoms with Gasteiger partial charge in [0.05, 0.1) is 5.69 Å². The highest BCUT2D eigenvalue weighted by Gasteiger charge is 2.07. The fourth-order valence-corrected chi connectivity index (χ4v) is 2.71. The second-order valence-electron chi connectivity index (χ2n) is 5.52. The first-order valence-corrected chi connectivity index (χ1v) is 7.98. The predicted molar refractivity (Wildman–Crippen MR) is 92.9 cm³/mol. The number of anilines is 1. The summed E-state index contributed by atoms with van der Waals surface area (Å²) in [6.45, 7) is 1.97. The molecule has 3 rings (SSSR count). The highest BCUT2D eigenvalue weighted by Crippen LogP contribution is 2.17. The van der Waals surface area contributed by atoms with Crippen molar-refractivity contribution < 1.29 is 4.79 Å². The van der Waals surface area contributed by atoms with Crippen LogP contribution in [0.25, 0.3) is 5.65 Å². The van der Waals surface area contributed by atoms with E-state index in [1.165, 1.54) is 5.56 Å². The van der Waals surface area contributed by atoms with Gasteiger partial charge in [-0.3, -0.25) is 4.79 Å². The molecule has 1 amide bonds. The molecule has 0 aliphatic heterocycles. The Labute approximate surface area is 140 Å². The Bertz CT molecular complexity index is 824. The van der Waals surface area contributed by atoms with E-state index in [0.29, 0.717) is 6.42 Å². The van der Waals surface area contributed by atoms with E-state index in [1.54, 1.807) is 6.20 Å². The Morgan fingerprint density at radius 2 is 2.00 bits per heavy atom. The van der Waals surface area contributed by atoms with Crippen molar-refractivity contribution in [1.82, 2.24) is 9.38 Å². The average Bonchev–Trinajstić information content (AvgIpc) is 3.01. The Balaban J connectivity index is 1.56. The third-order valence-corrected chi connectivity index (χ3v) is 4.13. The highest BCUT2D eigenvalue weighted by molar-refractivity contribution is 6.30. The molecule has 0 radical (unpaired) electrons. The number of halogens is 1. The minimum Gasteiger partial charge on any atom is -0.325 e. The van der Waals surface area contributed by atoms with Crippen LogP contribution in [0.4, 0.5) is 5.69 Å². The first kappa shape index (κ1) is 15.6. The van der Waals surface area contributed by atoms with Crippen molar-refractivity contribution in [2.45, 2.75) is 26.2 Å². The van der Waals surface area contributed by atoms with Gasteiger partial charge >= 0.3 is 0 Å². The quantitative estimate of drug-likeness (QED) is 0.761. The minimum atomic E-state index is 0.0292. The summed E-state index contributed by atoms with van der Waals surface area (Å²) >= 11 is 5.86. The maximum atomic E-state index is 12.1. The van der Waals surface area contributed by atoms with Crippen molar-refractivity contribution in [3.05, 3.63) is 65.1 Å². The Kier molecular flexibility index (Phi) is 4.63. The van der Waals surface area contributed by atoms with E-state index in [-0.39, 0.29) is 5.91 Å². The summed E-state index contributed by atoms with van der Waals surface area (Å²) in [6, 6.07) is 11.5. The molecule has 0 aliphatic rings. The Morgan fingerprint density at radius 1 is 1.22 bits per heavy atom. The maximum absolute atomic E-state index is 12.1. The maximum Gasteiger partial charge on any atom is 0.224 e. The van der Waals surface area contributed by atoms with Gasteiger partial charge in [0.25, 0.3) is 0 Å². The second-order valence-corrected chi connectivity index (χ2v) is 5.95. The van der Waals surface area contributed by atoms with E-state index in [2.05, 4.69) is 10.3 Å². The van der Waals surface area contributed by atoms with E-state index < -0.39 is 0 Å². The fraction of sp³-hybridized carbons (Fsp3) is 0.222. The first-order chi connectivity index (χ1) is 11.1. The molecule has 1 N–H and O–H groups in total. The number of carbonyl (C=O) groups is 1. The summed E-state index contributed by atoms with van der Waals surface area (Å²) in [5, 5.41) is 3.71. The molecule has 0 spiro atoms. The van der Waals surface area contributed by atoms with Gasteiger partial charge in [0.15, 0.2) is 0 Å². The number of nitrogens with one attached hydrogen (secondary N) is 1. The van der Waals surface area contributed by atoms with Gasteiger partial charge in [-0.1, -0.05) is 23.7 Å². The van der Waals surface area contributed by atoms with Crippen molar-refractivity contribution in [3.8, 4) is 0 Å². The standard InChI is InChI=1S/C18H18ClN3O/c1-13-16(9-10-17-20-11-12-22(13)17)21-18(23)4-2-3-14-5-7-15(19)8-6-14/h5-12H,2-4H2,1H3,(H,21,23). The molecule has 4 nitrogen and oxygen atoms in total. The predicted octanol–water partition coefficient (Wildman–Crippen LogP) is 4.26. The Hall–Kier alpha value is -2.33. The van der Waals surface area contributed by atoms with Gasteiger partial charge < -0.3 is 9.72 Å². The van der Waals surface area contributed by atoms with Crippen LogP contribution in [0.2, 0.25) is 5.02 Å². The third kappa shape index (κ3) is 3.71. The molecule has 0 saturated carbocycles. The zero-order valence-electron chi connectivity index (χ0n) is 12.9. The molecular formula is C18H18ClN3O. The zero-order chi connectivity index (χ0) is 16.2. The van der Waals surface area contributed by atoms with Crippen LogP contribution in [-0.2, 0) is 11.2 Å². The van der Waals surface area contributed by atoms with Gasteiger partial charge in [0.1, 0.15) is 5.65 Å². The van der Waals surface area contributed by atoms with E-state index in [0.717, 1.165) is 34.9 Å². The summed E-state index contributed by atoms with van der Waals surface area (Å²) in [7, 11) is 0. The molecule has 2 aromatic heterocycles. The zero-order valence-corrected chi connectivity index (χ0v) is 13.7. The van der Waals surface area contributed by atoms with Crippen LogP contribution in [0.1, 0.15) is 24.1 Å². The number of pyridine rings is 1. The number of carbonyl (C=O) groups excluding carboxylic acids is 1. The summed E-state index contributed by atoms with van der Waals surface area (Å²) in [6.07, 6.45) is 5.80. The molecule has 0 saturated heterocycles. The van der Waals surface area contributed by atoms with Crippen LogP contribution in [0.5, 0.6) is 0 Å². The van der Waals surface area contributed by atoms with Gasteiger partial charge in [0, 0.05) is 29.5 Å². The molecule has 0 atom stereocenters. The van der Waals surface area contributed by atoms with Gasteiger partial charge in [-0.25, -0.2) is 4.98 Å². The first-order valence-electron chi connectivity index (χ1n) is 7.60. The number of hydrogen-bond donors (Lipinski definition) is 1. The van der Waals surface area contributed by atoms with E-state index in [9.17, 15) is 4.79 Å². The lowest BCUT2D eigenvalue weighted by atomic mass is 10.1. The van der Waals surface area contributed by atoms with Crippen LogP contribution in [0.3, 0.4) is 0 Å². The number of aryl methyl sites for hydroxylation is 2. The van der Waals surface area contributed by atoms with Crippen molar-refractivity contribution >= 4 is 28.8 Å². The van der Waals surface area contributed by atoms with E-state index in [4.69, 9.17) is 11.6 Å². The lowest BCUT2D eigenvalue weighted by Gasteiger charge is -2.10. The van der Waals surface area contributed by atoms with Crippen molar-refractivity contribution in [1.29, 1.82) is 0 Å². The van der Waals surface area contributed by atoms with Crippen LogP contribution >= 0.6 is 11.6 Å². The van der Waals surface area contributed by atoms with Gasteiger partial charge in [-0.05, 0) is 49.6 Å². The molecular weight excluding hydrogens is 310 g/mol. The lowest BCUT2D eigenvalue weighted by molar-refractivity contribution is -0.116. The summed E-state index contributed by atoms with van der Waals surface area (Å²) in [5.41, 5.74) is 3.87. The molecule has 2 heterocycles. The Morgan fingerprint density at radius 3 is 2.78 bits per heavy atom. The summed E-state index contributed by atoms with van der Waals surface area (Å²) < 4.78 is 1.96. The molecule has 23 heavy (non-hydrogen) atoms. The molecule has 3 aromatic rings. The molecule has 118 valence electrons. The van der Waals surface area contributed by atoms with Crippen LogP contribution in [-0.4, -0.2) is 15.3 Å². The normalized spacial score (nSPS) is 10.9. The molecule has 5 heteroatoms. The fourth-order valence-electron chi connectivity index (χ4n) is 2.58. The number of fused-ring (bicyclic) bond motifs is 1. The second kappa shape index (κ2) is 6.84. The number of rotatable bonds is 5. The van der Waals surface area contributed by atoms with Crippen molar-refractivity contribution in [2.24, 2.45) is 0 Å². The number of hydrogen-bond acceptors (Lipinski definition) is 2. The molecule has 0 aliphatic carbocycles. The average molecular weight is 328 g/mol. The number of amides is 1.